The van der Waals surface area contributed by atoms with Crippen molar-refractivity contribution in [3.05, 3.63) is 64.6 Å². The van der Waals surface area contributed by atoms with Gasteiger partial charge in [-0.2, -0.15) is 0 Å². The Morgan fingerprint density at radius 1 is 1.17 bits per heavy atom. The molecule has 2 heterocycles. The van der Waals surface area contributed by atoms with Gasteiger partial charge < -0.3 is 10.2 Å². The highest BCUT2D eigenvalue weighted by atomic mass is 35.5. The van der Waals surface area contributed by atoms with Crippen molar-refractivity contribution in [2.24, 2.45) is 0 Å². The van der Waals surface area contributed by atoms with Gasteiger partial charge in [-0.05, 0) is 36.4 Å². The zero-order valence-electron chi connectivity index (χ0n) is 16.0. The number of hydrogen-bond donors (Lipinski definition) is 1. The summed E-state index contributed by atoms with van der Waals surface area (Å²) in [6.07, 6.45) is 0.764. The van der Waals surface area contributed by atoms with E-state index in [4.69, 9.17) is 11.6 Å². The van der Waals surface area contributed by atoms with Gasteiger partial charge in [-0.25, -0.2) is 0 Å². The number of nitrogens with one attached hydrogen (secondary N) is 1. The molecule has 9 heteroatoms. The molecule has 3 aromatic rings. The Labute approximate surface area is 187 Å². The Kier molecular flexibility index (Phi) is 6.66. The topological polar surface area (TPSA) is 75.2 Å². The average Bonchev–Trinajstić information content (AvgIpc) is 3.36. The smallest absolute Gasteiger partial charge is 0.227 e. The van der Waals surface area contributed by atoms with Crippen LogP contribution in [0.15, 0.2) is 59.5 Å². The summed E-state index contributed by atoms with van der Waals surface area (Å²) in [7, 11) is 0. The van der Waals surface area contributed by atoms with Gasteiger partial charge in [-0.1, -0.05) is 41.1 Å². The predicted molar refractivity (Wildman–Crippen MR) is 121 cm³/mol. The van der Waals surface area contributed by atoms with Crippen molar-refractivity contribution in [3.63, 3.8) is 0 Å². The zero-order chi connectivity index (χ0) is 20.9. The average molecular weight is 459 g/mol. The highest BCUT2D eigenvalue weighted by Gasteiger charge is 2.33. The van der Waals surface area contributed by atoms with E-state index in [9.17, 15) is 9.59 Å². The molecule has 0 saturated carbocycles. The molecule has 1 aliphatic rings. The molecule has 0 unspecified atom stereocenters. The van der Waals surface area contributed by atoms with Crippen molar-refractivity contribution in [1.29, 1.82) is 0 Å². The number of benzene rings is 2. The van der Waals surface area contributed by atoms with Crippen molar-refractivity contribution < 1.29 is 9.59 Å². The number of carbonyl (C=O) groups is 2. The minimum Gasteiger partial charge on any atom is -0.312 e. The van der Waals surface area contributed by atoms with Gasteiger partial charge in [0.05, 0.1) is 0 Å². The Bertz CT molecular complexity index is 1030. The van der Waals surface area contributed by atoms with Gasteiger partial charge in [0.25, 0.3) is 0 Å². The zero-order valence-corrected chi connectivity index (χ0v) is 18.3. The first-order valence-corrected chi connectivity index (χ1v) is 11.6. The van der Waals surface area contributed by atoms with E-state index in [1.165, 1.54) is 11.3 Å². The van der Waals surface area contributed by atoms with Crippen LogP contribution in [0.3, 0.4) is 0 Å². The number of anilines is 2. The molecule has 154 valence electrons. The molecule has 1 atom stereocenters. The SMILES string of the molecule is O=C(CCSc1ccccc1)Nc1nnc([C@H]2CC(=O)N(c3ccc(Cl)cc3)C2)s1. The number of carbonyl (C=O) groups excluding carboxylic acids is 2. The van der Waals surface area contributed by atoms with E-state index in [-0.39, 0.29) is 17.7 Å². The molecule has 1 saturated heterocycles. The predicted octanol–water partition coefficient (Wildman–Crippen LogP) is 4.83. The van der Waals surface area contributed by atoms with Gasteiger partial charge in [0.2, 0.25) is 16.9 Å². The molecule has 2 aromatic carbocycles. The molecule has 0 aliphatic carbocycles. The third-order valence-electron chi connectivity index (χ3n) is 4.64. The normalized spacial score (nSPS) is 16.1. The lowest BCUT2D eigenvalue weighted by molar-refractivity contribution is -0.117. The van der Waals surface area contributed by atoms with Crippen LogP contribution in [0.1, 0.15) is 23.8 Å². The number of aromatic nitrogens is 2. The molecule has 1 aliphatic heterocycles. The summed E-state index contributed by atoms with van der Waals surface area (Å²) in [6.45, 7) is 0.538. The Morgan fingerprint density at radius 3 is 2.70 bits per heavy atom. The summed E-state index contributed by atoms with van der Waals surface area (Å²) in [5.74, 6) is 0.603. The molecule has 6 nitrogen and oxygen atoms in total. The Morgan fingerprint density at radius 2 is 1.93 bits per heavy atom. The van der Waals surface area contributed by atoms with Crippen LogP contribution in [0.2, 0.25) is 5.02 Å². The Hall–Kier alpha value is -2.42. The van der Waals surface area contributed by atoms with Crippen LogP contribution in [0, 0.1) is 0 Å². The first kappa shape index (κ1) is 20.8. The first-order chi connectivity index (χ1) is 14.6. The van der Waals surface area contributed by atoms with Gasteiger partial charge in [-0.15, -0.1) is 22.0 Å². The van der Waals surface area contributed by atoms with E-state index in [0.717, 1.165) is 15.6 Å². The van der Waals surface area contributed by atoms with Crippen molar-refractivity contribution in [2.75, 3.05) is 22.5 Å². The van der Waals surface area contributed by atoms with Gasteiger partial charge in [0.1, 0.15) is 5.01 Å². The second kappa shape index (κ2) is 9.59. The van der Waals surface area contributed by atoms with E-state index in [1.807, 2.05) is 42.5 Å². The lowest BCUT2D eigenvalue weighted by atomic mass is 10.1. The van der Waals surface area contributed by atoms with E-state index >= 15 is 0 Å². The maximum atomic E-state index is 12.4. The maximum absolute atomic E-state index is 12.4. The summed E-state index contributed by atoms with van der Waals surface area (Å²) in [5, 5.41) is 13.0. The number of halogens is 1. The first-order valence-electron chi connectivity index (χ1n) is 9.45. The summed E-state index contributed by atoms with van der Waals surface area (Å²) < 4.78 is 0. The molecule has 1 fully saturated rings. The molecule has 30 heavy (non-hydrogen) atoms. The number of thioether (sulfide) groups is 1. The fourth-order valence-electron chi connectivity index (χ4n) is 3.15. The number of rotatable bonds is 7. The third kappa shape index (κ3) is 5.19. The van der Waals surface area contributed by atoms with E-state index in [0.29, 0.717) is 35.3 Å². The van der Waals surface area contributed by atoms with Crippen LogP contribution in [0.4, 0.5) is 10.8 Å². The maximum Gasteiger partial charge on any atom is 0.227 e. The monoisotopic (exact) mass is 458 g/mol. The molecule has 4 rings (SSSR count). The van der Waals surface area contributed by atoms with Gasteiger partial charge in [0, 0.05) is 46.7 Å². The minimum atomic E-state index is -0.0913. The molecule has 0 bridgehead atoms. The fourth-order valence-corrected chi connectivity index (χ4v) is 5.00. The molecule has 1 aromatic heterocycles. The van der Waals surface area contributed by atoms with Crippen LogP contribution >= 0.6 is 34.7 Å². The quantitative estimate of drug-likeness (QED) is 0.513. The molecule has 0 radical (unpaired) electrons. The van der Waals surface area contributed by atoms with Crippen LogP contribution in [-0.2, 0) is 9.59 Å². The van der Waals surface area contributed by atoms with Crippen LogP contribution in [0.5, 0.6) is 0 Å². The summed E-state index contributed by atoms with van der Waals surface area (Å²) in [5.41, 5.74) is 0.820. The lowest BCUT2D eigenvalue weighted by Gasteiger charge is -2.16. The van der Waals surface area contributed by atoms with Crippen molar-refractivity contribution in [3.8, 4) is 0 Å². The molecule has 2 amide bonds. The minimum absolute atomic E-state index is 0.0371. The molecular formula is C21H19ClN4O2S2. The van der Waals surface area contributed by atoms with Gasteiger partial charge in [0.15, 0.2) is 0 Å². The van der Waals surface area contributed by atoms with Crippen molar-refractivity contribution in [1.82, 2.24) is 10.2 Å². The molecular weight excluding hydrogens is 440 g/mol. The van der Waals surface area contributed by atoms with Crippen LogP contribution < -0.4 is 10.2 Å². The number of nitrogens with zero attached hydrogens (tertiary/aromatic N) is 3. The standard InChI is InChI=1S/C21H19ClN4O2S2/c22-15-6-8-16(9-7-15)26-13-14(12-19(26)28)20-24-25-21(30-20)23-18(27)10-11-29-17-4-2-1-3-5-17/h1-9,14H,10-13H2,(H,23,25,27)/t14-/m0/s1. The van der Waals surface area contributed by atoms with E-state index < -0.39 is 0 Å². The molecule has 0 spiro atoms. The summed E-state index contributed by atoms with van der Waals surface area (Å²) >= 11 is 8.90. The highest BCUT2D eigenvalue weighted by molar-refractivity contribution is 7.99. The number of hydrogen-bond acceptors (Lipinski definition) is 6. The van der Waals surface area contributed by atoms with Gasteiger partial charge >= 0.3 is 0 Å². The third-order valence-corrected chi connectivity index (χ3v) is 6.91. The van der Waals surface area contributed by atoms with Crippen LogP contribution in [0.25, 0.3) is 0 Å². The number of amides is 2. The van der Waals surface area contributed by atoms with E-state index in [2.05, 4.69) is 15.5 Å². The molecule has 1 N–H and O–H groups in total. The summed E-state index contributed by atoms with van der Waals surface area (Å²) in [4.78, 5) is 27.5. The Balaban J connectivity index is 1.30. The largest absolute Gasteiger partial charge is 0.312 e. The second-order valence-corrected chi connectivity index (χ2v) is 9.40. The van der Waals surface area contributed by atoms with E-state index in [1.54, 1.807) is 28.8 Å². The van der Waals surface area contributed by atoms with Gasteiger partial charge in [-0.3, -0.25) is 9.59 Å². The van der Waals surface area contributed by atoms with Crippen LogP contribution in [-0.4, -0.2) is 34.3 Å². The fraction of sp³-hybridized carbons (Fsp3) is 0.238. The summed E-state index contributed by atoms with van der Waals surface area (Å²) in [6, 6.07) is 17.2. The highest BCUT2D eigenvalue weighted by Crippen LogP contribution is 2.34. The van der Waals surface area contributed by atoms with Crippen molar-refractivity contribution in [2.45, 2.75) is 23.7 Å². The lowest BCUT2D eigenvalue weighted by Crippen LogP contribution is -2.24. The second-order valence-electron chi connectivity index (χ2n) is 6.79. The van der Waals surface area contributed by atoms with Crippen molar-refractivity contribution >= 4 is 57.3 Å².